The number of aromatic nitrogens is 2. The molecule has 0 radical (unpaired) electrons. The van der Waals surface area contributed by atoms with Crippen molar-refractivity contribution in [1.82, 2.24) is 15.1 Å². The minimum absolute atomic E-state index is 0.0265. The predicted molar refractivity (Wildman–Crippen MR) is 166 cm³/mol. The number of carbonyl (C=O) groups excluding carboxylic acids is 2. The van der Waals surface area contributed by atoms with E-state index >= 15 is 0 Å². The molecule has 0 fully saturated rings. The number of nitrogens with zero attached hydrogens (tertiary/aromatic N) is 4. The Balaban J connectivity index is 1.95. The second-order valence-corrected chi connectivity index (χ2v) is 11.4. The van der Waals surface area contributed by atoms with Gasteiger partial charge in [-0.05, 0) is 61.2 Å². The third-order valence-electron chi connectivity index (χ3n) is 6.36. The first-order valence-corrected chi connectivity index (χ1v) is 15.0. The number of alkyl halides is 3. The molecular formula is C28H23BrClF5N6O2S. The van der Waals surface area contributed by atoms with Crippen LogP contribution in [-0.4, -0.2) is 53.8 Å². The smallest absolute Gasteiger partial charge is 0.354 e. The molecule has 0 aliphatic rings. The number of nitrogens with one attached hydrogen (secondary N) is 2. The van der Waals surface area contributed by atoms with Crippen molar-refractivity contribution in [1.29, 1.82) is 0 Å². The summed E-state index contributed by atoms with van der Waals surface area (Å²) in [4.78, 5) is 31.0. The van der Waals surface area contributed by atoms with Gasteiger partial charge in [0.25, 0.3) is 5.91 Å². The van der Waals surface area contributed by atoms with Crippen LogP contribution in [0.2, 0.25) is 5.02 Å². The Morgan fingerprint density at radius 1 is 1.20 bits per heavy atom. The monoisotopic (exact) mass is 716 g/mol. The molecule has 1 unspecified atom stereocenters. The first kappa shape index (κ1) is 33.2. The van der Waals surface area contributed by atoms with Gasteiger partial charge in [0.05, 0.1) is 38.9 Å². The first-order valence-electron chi connectivity index (χ1n) is 12.6. The van der Waals surface area contributed by atoms with Gasteiger partial charge in [0.1, 0.15) is 18.2 Å². The Hall–Kier alpha value is -3.69. The first-order chi connectivity index (χ1) is 20.8. The number of benzene rings is 3. The zero-order valence-electron chi connectivity index (χ0n) is 22.8. The molecule has 0 aliphatic heterocycles. The minimum Gasteiger partial charge on any atom is -0.354 e. The van der Waals surface area contributed by atoms with Crippen molar-refractivity contribution in [3.8, 4) is 0 Å². The summed E-state index contributed by atoms with van der Waals surface area (Å²) in [5.41, 5.74) is 0.228. The van der Waals surface area contributed by atoms with Gasteiger partial charge >= 0.3 is 6.18 Å². The molecule has 16 heteroatoms. The van der Waals surface area contributed by atoms with Crippen LogP contribution in [0.3, 0.4) is 0 Å². The van der Waals surface area contributed by atoms with Crippen LogP contribution in [0.25, 0.3) is 10.9 Å². The molecule has 0 bridgehead atoms. The van der Waals surface area contributed by atoms with Crippen LogP contribution in [0.1, 0.15) is 15.9 Å². The summed E-state index contributed by atoms with van der Waals surface area (Å²) >= 11 is 10.9. The van der Waals surface area contributed by atoms with Crippen molar-refractivity contribution < 1.29 is 31.5 Å². The quantitative estimate of drug-likeness (QED) is 0.0694. The highest BCUT2D eigenvalue weighted by Crippen LogP contribution is 2.40. The van der Waals surface area contributed by atoms with Gasteiger partial charge in [-0.15, -0.1) is 0 Å². The standard InChI is InChI=1S/C28H23BrClF5N6O2S/c1-36-22-10-16(29)3-4-20(22)27(43)40(12-19(37-14-42)9-15-7-17(31)11-18(32)8-15)23-6-5-21(30)24-25(23)41(13-28(33,34)35)38-26(24)39-44-2/h3-8,10-11,14,19H,1,9,12-13H2,2H3,(H,37,42)(H,38,39). The molecule has 1 atom stereocenters. The molecule has 0 saturated carbocycles. The van der Waals surface area contributed by atoms with Crippen LogP contribution in [0, 0.1) is 11.6 Å². The Morgan fingerprint density at radius 3 is 2.52 bits per heavy atom. The highest BCUT2D eigenvalue weighted by Gasteiger charge is 2.33. The van der Waals surface area contributed by atoms with E-state index in [1.165, 1.54) is 24.3 Å². The number of amides is 2. The van der Waals surface area contributed by atoms with Crippen molar-refractivity contribution in [2.45, 2.75) is 25.2 Å². The number of aliphatic imine (C=N–C) groups is 1. The zero-order chi connectivity index (χ0) is 32.2. The van der Waals surface area contributed by atoms with Crippen LogP contribution in [0.15, 0.2) is 58.0 Å². The molecule has 2 amide bonds. The molecule has 232 valence electrons. The van der Waals surface area contributed by atoms with E-state index in [0.29, 0.717) is 21.6 Å². The van der Waals surface area contributed by atoms with Crippen molar-refractivity contribution in [3.05, 3.63) is 80.8 Å². The van der Waals surface area contributed by atoms with Crippen LogP contribution in [0.4, 0.5) is 39.1 Å². The molecule has 3 aromatic carbocycles. The van der Waals surface area contributed by atoms with E-state index < -0.39 is 36.3 Å². The second-order valence-electron chi connectivity index (χ2n) is 9.42. The number of carbonyl (C=O) groups is 2. The molecule has 4 aromatic rings. The average molecular weight is 718 g/mol. The van der Waals surface area contributed by atoms with Crippen LogP contribution < -0.4 is 14.9 Å². The van der Waals surface area contributed by atoms with Gasteiger partial charge < -0.3 is 14.9 Å². The summed E-state index contributed by atoms with van der Waals surface area (Å²) in [6, 6.07) is 9.19. The number of hydrogen-bond donors (Lipinski definition) is 2. The van der Waals surface area contributed by atoms with E-state index in [1.807, 2.05) is 0 Å². The molecule has 8 nitrogen and oxygen atoms in total. The van der Waals surface area contributed by atoms with E-state index in [4.69, 9.17) is 11.6 Å². The zero-order valence-corrected chi connectivity index (χ0v) is 25.9. The number of halogens is 7. The largest absolute Gasteiger partial charge is 0.408 e. The number of hydrogen-bond acceptors (Lipinski definition) is 6. The van der Waals surface area contributed by atoms with E-state index in [9.17, 15) is 31.5 Å². The summed E-state index contributed by atoms with van der Waals surface area (Å²) in [5, 5.41) is 6.83. The fourth-order valence-corrected chi connectivity index (χ4v) is 5.62. The molecule has 0 aliphatic carbocycles. The van der Waals surface area contributed by atoms with E-state index in [2.05, 4.69) is 42.8 Å². The van der Waals surface area contributed by atoms with Gasteiger partial charge in [0.2, 0.25) is 6.41 Å². The summed E-state index contributed by atoms with van der Waals surface area (Å²) in [6.45, 7) is 1.66. The fraction of sp³-hybridized carbons (Fsp3) is 0.214. The van der Waals surface area contributed by atoms with Crippen molar-refractivity contribution in [2.24, 2.45) is 4.99 Å². The van der Waals surface area contributed by atoms with Crippen LogP contribution in [-0.2, 0) is 17.8 Å². The fourth-order valence-electron chi connectivity index (χ4n) is 4.69. The maximum atomic E-state index is 14.3. The van der Waals surface area contributed by atoms with Crippen molar-refractivity contribution in [3.63, 3.8) is 0 Å². The molecule has 1 aromatic heterocycles. The van der Waals surface area contributed by atoms with Gasteiger partial charge in [-0.3, -0.25) is 19.3 Å². The van der Waals surface area contributed by atoms with Crippen LogP contribution >= 0.6 is 39.5 Å². The lowest BCUT2D eigenvalue weighted by Crippen LogP contribution is -2.45. The van der Waals surface area contributed by atoms with Gasteiger partial charge in [-0.1, -0.05) is 39.5 Å². The maximum absolute atomic E-state index is 14.3. The SMILES string of the molecule is C=Nc1cc(Br)ccc1C(=O)N(CC(Cc1cc(F)cc(F)c1)NC=O)c1ccc(Cl)c2c(NSC)nn(CC(F)(F)F)c12. The van der Waals surface area contributed by atoms with Gasteiger partial charge in [-0.2, -0.15) is 18.3 Å². The second kappa shape index (κ2) is 13.9. The Labute approximate surface area is 265 Å². The maximum Gasteiger partial charge on any atom is 0.408 e. The van der Waals surface area contributed by atoms with Crippen LogP contribution in [0.5, 0.6) is 0 Å². The minimum atomic E-state index is -4.70. The lowest BCUT2D eigenvalue weighted by atomic mass is 10.0. The van der Waals surface area contributed by atoms with Gasteiger partial charge in [0.15, 0.2) is 5.82 Å². The molecule has 2 N–H and O–H groups in total. The number of anilines is 2. The third-order valence-corrected chi connectivity index (χ3v) is 7.56. The summed E-state index contributed by atoms with van der Waals surface area (Å²) in [7, 11) is 0. The lowest BCUT2D eigenvalue weighted by Gasteiger charge is -2.29. The number of fused-ring (bicyclic) bond motifs is 1. The third kappa shape index (κ3) is 7.68. The molecule has 0 spiro atoms. The van der Waals surface area contributed by atoms with E-state index in [1.54, 1.807) is 12.3 Å². The molecule has 0 saturated heterocycles. The van der Waals surface area contributed by atoms with Gasteiger partial charge in [-0.25, -0.2) is 8.78 Å². The highest BCUT2D eigenvalue weighted by molar-refractivity contribution is 9.10. The van der Waals surface area contributed by atoms with Gasteiger partial charge in [0, 0.05) is 23.3 Å². The Morgan fingerprint density at radius 2 is 1.91 bits per heavy atom. The Kier molecular flexibility index (Phi) is 10.5. The Bertz CT molecular complexity index is 1700. The normalized spacial score (nSPS) is 12.2. The number of rotatable bonds is 12. The molecular weight excluding hydrogens is 695 g/mol. The summed E-state index contributed by atoms with van der Waals surface area (Å²) in [6.07, 6.45) is -2.84. The van der Waals surface area contributed by atoms with Crippen molar-refractivity contribution >= 4 is 86.6 Å². The average Bonchev–Trinajstić information content (AvgIpc) is 3.28. The predicted octanol–water partition coefficient (Wildman–Crippen LogP) is 7.32. The lowest BCUT2D eigenvalue weighted by molar-refractivity contribution is -0.141. The molecule has 1 heterocycles. The molecule has 44 heavy (non-hydrogen) atoms. The summed E-state index contributed by atoms with van der Waals surface area (Å²) in [5.74, 6) is -2.38. The van der Waals surface area contributed by atoms with Crippen molar-refractivity contribution in [2.75, 3.05) is 22.4 Å². The highest BCUT2D eigenvalue weighted by atomic mass is 79.9. The molecule has 4 rings (SSSR count). The van der Waals surface area contributed by atoms with E-state index in [0.717, 1.165) is 29.0 Å². The van der Waals surface area contributed by atoms with E-state index in [-0.39, 0.29) is 57.2 Å². The summed E-state index contributed by atoms with van der Waals surface area (Å²) < 4.78 is 73.3. The topological polar surface area (TPSA) is 91.6 Å².